The second-order valence-electron chi connectivity index (χ2n) is 3.80. The lowest BCUT2D eigenvalue weighted by Gasteiger charge is -2.21. The Labute approximate surface area is 87.0 Å². The summed E-state index contributed by atoms with van der Waals surface area (Å²) in [4.78, 5) is 0. The van der Waals surface area contributed by atoms with Crippen LogP contribution in [0.15, 0.2) is 0 Å². The van der Waals surface area contributed by atoms with Gasteiger partial charge >= 0.3 is 0 Å². The first-order chi connectivity index (χ1) is 6.44. The molecule has 0 atom stereocenters. The predicted molar refractivity (Wildman–Crippen MR) is 57.6 cm³/mol. The molecule has 0 saturated heterocycles. The van der Waals surface area contributed by atoms with Crippen molar-refractivity contribution in [1.29, 1.82) is 0 Å². The topological polar surface area (TPSA) is 57.6 Å². The minimum atomic E-state index is -3.17. The van der Waals surface area contributed by atoms with Crippen molar-refractivity contribution in [3.63, 3.8) is 0 Å². The molecule has 0 aliphatic carbocycles. The molecule has 0 spiro atoms. The van der Waals surface area contributed by atoms with Gasteiger partial charge in [0.25, 0.3) is 0 Å². The second-order valence-corrected chi connectivity index (χ2v) is 5.81. The van der Waals surface area contributed by atoms with Crippen LogP contribution in [0.5, 0.6) is 0 Å². The lowest BCUT2D eigenvalue weighted by Crippen LogP contribution is -2.37. The maximum atomic E-state index is 11.7. The van der Waals surface area contributed by atoms with Crippen molar-refractivity contribution in [2.75, 3.05) is 25.4 Å². The molecule has 0 saturated carbocycles. The molecule has 0 heterocycles. The highest BCUT2D eigenvalue weighted by Crippen LogP contribution is 2.07. The van der Waals surface area contributed by atoms with Gasteiger partial charge in [0, 0.05) is 13.1 Å². The van der Waals surface area contributed by atoms with Gasteiger partial charge < -0.3 is 5.11 Å². The maximum Gasteiger partial charge on any atom is 0.214 e. The fourth-order valence-electron chi connectivity index (χ4n) is 1.28. The first kappa shape index (κ1) is 13.9. The molecule has 0 aromatic heterocycles. The van der Waals surface area contributed by atoms with Crippen molar-refractivity contribution in [3.8, 4) is 0 Å². The highest BCUT2D eigenvalue weighted by Gasteiger charge is 2.21. The first-order valence-corrected chi connectivity index (χ1v) is 6.63. The Morgan fingerprint density at radius 2 is 1.86 bits per heavy atom. The van der Waals surface area contributed by atoms with Crippen molar-refractivity contribution in [1.82, 2.24) is 4.31 Å². The van der Waals surface area contributed by atoms with Crippen LogP contribution >= 0.6 is 0 Å². The molecular formula is C9H21NO3S. The summed E-state index contributed by atoms with van der Waals surface area (Å²) in [5.41, 5.74) is 0. The van der Waals surface area contributed by atoms with E-state index in [-0.39, 0.29) is 24.8 Å². The Balaban J connectivity index is 4.45. The van der Waals surface area contributed by atoms with Crippen molar-refractivity contribution in [2.24, 2.45) is 5.92 Å². The van der Waals surface area contributed by atoms with E-state index in [2.05, 4.69) is 0 Å². The van der Waals surface area contributed by atoms with Crippen LogP contribution in [0.4, 0.5) is 0 Å². The average Bonchev–Trinajstić information content (AvgIpc) is 2.01. The molecule has 86 valence electrons. The van der Waals surface area contributed by atoms with Gasteiger partial charge in [-0.1, -0.05) is 20.8 Å². The Hall–Kier alpha value is -0.130. The zero-order valence-electron chi connectivity index (χ0n) is 9.23. The molecule has 4 nitrogen and oxygen atoms in total. The quantitative estimate of drug-likeness (QED) is 0.690. The molecule has 0 aliphatic rings. The third kappa shape index (κ3) is 4.93. The molecule has 14 heavy (non-hydrogen) atoms. The summed E-state index contributed by atoms with van der Waals surface area (Å²) < 4.78 is 24.8. The Morgan fingerprint density at radius 3 is 2.21 bits per heavy atom. The molecule has 0 aromatic carbocycles. The van der Waals surface area contributed by atoms with Gasteiger partial charge in [-0.05, 0) is 12.3 Å². The van der Waals surface area contributed by atoms with Crippen LogP contribution in [0.1, 0.15) is 27.2 Å². The normalized spacial score (nSPS) is 12.7. The molecule has 0 radical (unpaired) electrons. The third-order valence-electron chi connectivity index (χ3n) is 1.76. The first-order valence-electron chi connectivity index (χ1n) is 5.02. The summed E-state index contributed by atoms with van der Waals surface area (Å²) >= 11 is 0. The van der Waals surface area contributed by atoms with Gasteiger partial charge in [0.2, 0.25) is 10.0 Å². The van der Waals surface area contributed by atoms with Gasteiger partial charge in [0.05, 0.1) is 12.4 Å². The van der Waals surface area contributed by atoms with Crippen LogP contribution in [0, 0.1) is 5.92 Å². The molecule has 0 fully saturated rings. The zero-order valence-corrected chi connectivity index (χ0v) is 10.0. The Morgan fingerprint density at radius 1 is 1.29 bits per heavy atom. The smallest absolute Gasteiger partial charge is 0.214 e. The van der Waals surface area contributed by atoms with Crippen molar-refractivity contribution in [3.05, 3.63) is 0 Å². The second kappa shape index (κ2) is 6.37. The zero-order chi connectivity index (χ0) is 11.2. The van der Waals surface area contributed by atoms with Crippen molar-refractivity contribution < 1.29 is 13.5 Å². The number of sulfonamides is 1. The summed E-state index contributed by atoms with van der Waals surface area (Å²) in [5.74, 6) is 0.283. The molecule has 0 unspecified atom stereocenters. The number of nitrogens with zero attached hydrogens (tertiary/aromatic N) is 1. The number of hydrogen-bond donors (Lipinski definition) is 1. The van der Waals surface area contributed by atoms with E-state index in [0.717, 1.165) is 6.42 Å². The van der Waals surface area contributed by atoms with Gasteiger partial charge in [-0.15, -0.1) is 0 Å². The van der Waals surface area contributed by atoms with Crippen LogP contribution < -0.4 is 0 Å². The highest BCUT2D eigenvalue weighted by molar-refractivity contribution is 7.89. The summed E-state index contributed by atoms with van der Waals surface area (Å²) in [6.45, 7) is 6.27. The van der Waals surface area contributed by atoms with E-state index in [0.29, 0.717) is 6.54 Å². The summed E-state index contributed by atoms with van der Waals surface area (Å²) in [6.07, 6.45) is 0.775. The minimum absolute atomic E-state index is 0.114. The molecule has 5 heteroatoms. The summed E-state index contributed by atoms with van der Waals surface area (Å²) in [6, 6.07) is 0. The van der Waals surface area contributed by atoms with E-state index in [1.165, 1.54) is 4.31 Å². The van der Waals surface area contributed by atoms with Gasteiger partial charge in [-0.2, -0.15) is 4.31 Å². The minimum Gasteiger partial charge on any atom is -0.395 e. The molecule has 0 aliphatic heterocycles. The van der Waals surface area contributed by atoms with Gasteiger partial charge in [0.1, 0.15) is 0 Å². The predicted octanol–water partition coefficient (Wildman–Crippen LogP) is 0.676. The van der Waals surface area contributed by atoms with Gasteiger partial charge in [-0.25, -0.2) is 8.42 Å². The Kier molecular flexibility index (Phi) is 6.31. The van der Waals surface area contributed by atoms with Gasteiger partial charge in [-0.3, -0.25) is 0 Å². The number of aliphatic hydroxyl groups is 1. The fourth-order valence-corrected chi connectivity index (χ4v) is 3.15. The molecule has 0 aromatic rings. The number of rotatable bonds is 7. The van der Waals surface area contributed by atoms with Gasteiger partial charge in [0.15, 0.2) is 0 Å². The molecule has 0 bridgehead atoms. The van der Waals surface area contributed by atoms with Crippen LogP contribution in [-0.2, 0) is 10.0 Å². The van der Waals surface area contributed by atoms with E-state index in [9.17, 15) is 8.42 Å². The third-order valence-corrected chi connectivity index (χ3v) is 4.00. The maximum absolute atomic E-state index is 11.7. The summed E-state index contributed by atoms with van der Waals surface area (Å²) in [5, 5.41) is 8.75. The van der Waals surface area contributed by atoms with Crippen LogP contribution in [0.2, 0.25) is 0 Å². The van der Waals surface area contributed by atoms with E-state index < -0.39 is 10.0 Å². The monoisotopic (exact) mass is 223 g/mol. The van der Waals surface area contributed by atoms with Crippen LogP contribution in [0.25, 0.3) is 0 Å². The molecule has 1 N–H and O–H groups in total. The van der Waals surface area contributed by atoms with Crippen molar-refractivity contribution in [2.45, 2.75) is 27.2 Å². The fraction of sp³-hybridized carbons (Fsp3) is 1.00. The van der Waals surface area contributed by atoms with E-state index in [1.54, 1.807) is 0 Å². The molecule has 0 amide bonds. The largest absolute Gasteiger partial charge is 0.395 e. The summed E-state index contributed by atoms with van der Waals surface area (Å²) in [7, 11) is -3.17. The lowest BCUT2D eigenvalue weighted by atomic mass is 10.3. The highest BCUT2D eigenvalue weighted by atomic mass is 32.2. The molecular weight excluding hydrogens is 202 g/mol. The van der Waals surface area contributed by atoms with Crippen molar-refractivity contribution >= 4 is 10.0 Å². The van der Waals surface area contributed by atoms with Crippen LogP contribution in [-0.4, -0.2) is 43.3 Å². The van der Waals surface area contributed by atoms with E-state index >= 15 is 0 Å². The Bertz CT molecular complexity index is 230. The lowest BCUT2D eigenvalue weighted by molar-refractivity contribution is 0.253. The average molecular weight is 223 g/mol. The van der Waals surface area contributed by atoms with Crippen LogP contribution in [0.3, 0.4) is 0 Å². The number of aliphatic hydroxyl groups excluding tert-OH is 1. The number of hydrogen-bond acceptors (Lipinski definition) is 3. The van der Waals surface area contributed by atoms with E-state index in [4.69, 9.17) is 5.11 Å². The van der Waals surface area contributed by atoms with E-state index in [1.807, 2.05) is 20.8 Å². The molecule has 0 rings (SSSR count). The SMILES string of the molecule is CCCN(CCO)S(=O)(=O)CC(C)C. The standard InChI is InChI=1S/C9H21NO3S/c1-4-5-10(6-7-11)14(12,13)8-9(2)3/h9,11H,4-8H2,1-3H3.